The first-order valence-corrected chi connectivity index (χ1v) is 7.07. The van der Waals surface area contributed by atoms with Crippen LogP contribution in [0.1, 0.15) is 32.8 Å². The minimum absolute atomic E-state index is 0.172. The molecule has 0 aliphatic carbocycles. The van der Waals surface area contributed by atoms with Gasteiger partial charge in [0.2, 0.25) is 0 Å². The van der Waals surface area contributed by atoms with Crippen LogP contribution in [-0.4, -0.2) is 26.4 Å². The first-order chi connectivity index (χ1) is 9.13. The van der Waals surface area contributed by atoms with Gasteiger partial charge in [-0.05, 0) is 25.5 Å². The van der Waals surface area contributed by atoms with E-state index in [1.165, 1.54) is 5.56 Å². The molecule has 1 unspecified atom stereocenters. The van der Waals surface area contributed by atoms with Gasteiger partial charge in [0, 0.05) is 32.2 Å². The molecule has 0 radical (unpaired) electrons. The quantitative estimate of drug-likeness (QED) is 0.743. The lowest BCUT2D eigenvalue weighted by molar-refractivity contribution is 0.134. The maximum Gasteiger partial charge on any atom is 0.124 e. The monoisotopic (exact) mass is 265 g/mol. The van der Waals surface area contributed by atoms with Crippen LogP contribution in [0.25, 0.3) is 0 Å². The van der Waals surface area contributed by atoms with Crippen molar-refractivity contribution < 1.29 is 9.47 Å². The van der Waals surface area contributed by atoms with Crippen molar-refractivity contribution in [2.75, 3.05) is 20.3 Å². The first kappa shape index (κ1) is 16.0. The Morgan fingerprint density at radius 3 is 2.58 bits per heavy atom. The molecule has 1 N–H and O–H groups in total. The zero-order valence-electron chi connectivity index (χ0n) is 12.6. The number of para-hydroxylation sites is 1. The zero-order chi connectivity index (χ0) is 14.1. The summed E-state index contributed by atoms with van der Waals surface area (Å²) in [6.07, 6.45) is 1.08. The Balaban J connectivity index is 2.52. The Kier molecular flexibility index (Phi) is 7.53. The molecule has 0 amide bonds. The number of benzene rings is 1. The van der Waals surface area contributed by atoms with Gasteiger partial charge in [0.25, 0.3) is 0 Å². The Morgan fingerprint density at radius 2 is 1.89 bits per heavy atom. The summed E-state index contributed by atoms with van der Waals surface area (Å²) < 4.78 is 11.1. The van der Waals surface area contributed by atoms with Crippen LogP contribution >= 0.6 is 0 Å². The molecule has 0 saturated heterocycles. The average molecular weight is 265 g/mol. The molecule has 1 atom stereocenters. The number of hydrogen-bond donors (Lipinski definition) is 1. The molecule has 0 fully saturated rings. The smallest absolute Gasteiger partial charge is 0.124 e. The highest BCUT2D eigenvalue weighted by Gasteiger charge is 2.08. The van der Waals surface area contributed by atoms with Gasteiger partial charge in [0.05, 0.1) is 6.10 Å². The van der Waals surface area contributed by atoms with Gasteiger partial charge in [0.1, 0.15) is 5.75 Å². The Hall–Kier alpha value is -1.06. The van der Waals surface area contributed by atoms with Gasteiger partial charge in [0.15, 0.2) is 0 Å². The van der Waals surface area contributed by atoms with Crippen molar-refractivity contribution in [1.29, 1.82) is 0 Å². The molecule has 0 saturated carbocycles. The van der Waals surface area contributed by atoms with Crippen molar-refractivity contribution in [3.63, 3.8) is 0 Å². The lowest BCUT2D eigenvalue weighted by atomic mass is 10.1. The van der Waals surface area contributed by atoms with Crippen molar-refractivity contribution in [2.24, 2.45) is 5.92 Å². The van der Waals surface area contributed by atoms with E-state index in [2.05, 4.69) is 38.2 Å². The lowest BCUT2D eigenvalue weighted by Gasteiger charge is -2.17. The summed E-state index contributed by atoms with van der Waals surface area (Å²) in [4.78, 5) is 0. The van der Waals surface area contributed by atoms with Crippen molar-refractivity contribution in [3.8, 4) is 5.75 Å². The molecule has 3 nitrogen and oxygen atoms in total. The van der Waals surface area contributed by atoms with E-state index in [1.807, 2.05) is 12.1 Å². The second-order valence-corrected chi connectivity index (χ2v) is 5.34. The predicted molar refractivity (Wildman–Crippen MR) is 79.6 cm³/mol. The van der Waals surface area contributed by atoms with Gasteiger partial charge in [-0.2, -0.15) is 0 Å². The molecule has 0 heterocycles. The van der Waals surface area contributed by atoms with Gasteiger partial charge in [-0.1, -0.05) is 32.0 Å². The third-order valence-electron chi connectivity index (χ3n) is 2.90. The van der Waals surface area contributed by atoms with Crippen LogP contribution in [0.3, 0.4) is 0 Å². The number of nitrogens with one attached hydrogen (secondary N) is 1. The van der Waals surface area contributed by atoms with E-state index in [1.54, 1.807) is 7.11 Å². The molecule has 0 bridgehead atoms. The topological polar surface area (TPSA) is 30.5 Å². The SMILES string of the molecule is COCCC(C)Oc1ccccc1CNCC(C)C. The third kappa shape index (κ3) is 6.60. The van der Waals surface area contributed by atoms with E-state index in [9.17, 15) is 0 Å². The minimum Gasteiger partial charge on any atom is -0.490 e. The lowest BCUT2D eigenvalue weighted by Crippen LogP contribution is -2.20. The molecule has 19 heavy (non-hydrogen) atoms. The van der Waals surface area contributed by atoms with Gasteiger partial charge >= 0.3 is 0 Å². The predicted octanol–water partition coefficient (Wildman–Crippen LogP) is 3.24. The highest BCUT2D eigenvalue weighted by Crippen LogP contribution is 2.20. The van der Waals surface area contributed by atoms with E-state index < -0.39 is 0 Å². The number of ether oxygens (including phenoxy) is 2. The average Bonchev–Trinajstić information content (AvgIpc) is 2.38. The van der Waals surface area contributed by atoms with E-state index in [0.717, 1.165) is 31.9 Å². The van der Waals surface area contributed by atoms with E-state index in [-0.39, 0.29) is 6.10 Å². The highest BCUT2D eigenvalue weighted by molar-refractivity contribution is 5.33. The molecule has 1 rings (SSSR count). The van der Waals surface area contributed by atoms with Gasteiger partial charge in [-0.25, -0.2) is 0 Å². The van der Waals surface area contributed by atoms with Crippen LogP contribution in [0.15, 0.2) is 24.3 Å². The van der Waals surface area contributed by atoms with Crippen molar-refractivity contribution in [2.45, 2.75) is 39.8 Å². The largest absolute Gasteiger partial charge is 0.490 e. The number of hydrogen-bond acceptors (Lipinski definition) is 3. The standard InChI is InChI=1S/C16H27NO2/c1-13(2)11-17-12-15-7-5-6-8-16(15)19-14(3)9-10-18-4/h5-8,13-14,17H,9-12H2,1-4H3. The summed E-state index contributed by atoms with van der Waals surface area (Å²) in [5.41, 5.74) is 1.22. The van der Waals surface area contributed by atoms with Crippen molar-refractivity contribution >= 4 is 0 Å². The maximum atomic E-state index is 5.99. The fourth-order valence-electron chi connectivity index (χ4n) is 1.82. The molecule has 108 valence electrons. The number of methoxy groups -OCH3 is 1. The normalized spacial score (nSPS) is 12.7. The fraction of sp³-hybridized carbons (Fsp3) is 0.625. The summed E-state index contributed by atoms with van der Waals surface area (Å²) in [6, 6.07) is 8.23. The first-order valence-electron chi connectivity index (χ1n) is 7.07. The summed E-state index contributed by atoms with van der Waals surface area (Å²) in [6.45, 7) is 9.11. The van der Waals surface area contributed by atoms with Crippen LogP contribution in [0.2, 0.25) is 0 Å². The summed E-state index contributed by atoms with van der Waals surface area (Å²) in [7, 11) is 1.72. The zero-order valence-corrected chi connectivity index (χ0v) is 12.6. The summed E-state index contributed by atoms with van der Waals surface area (Å²) in [5.74, 6) is 1.64. The molecule has 3 heteroatoms. The van der Waals surface area contributed by atoms with Crippen LogP contribution in [0.4, 0.5) is 0 Å². The Bertz CT molecular complexity index is 352. The second-order valence-electron chi connectivity index (χ2n) is 5.34. The number of rotatable bonds is 9. The Morgan fingerprint density at radius 1 is 1.16 bits per heavy atom. The van der Waals surface area contributed by atoms with E-state index >= 15 is 0 Å². The molecule has 0 spiro atoms. The second kappa shape index (κ2) is 8.94. The molecular formula is C16H27NO2. The van der Waals surface area contributed by atoms with Gasteiger partial charge in [-0.15, -0.1) is 0 Å². The van der Waals surface area contributed by atoms with Crippen LogP contribution < -0.4 is 10.1 Å². The highest BCUT2D eigenvalue weighted by atomic mass is 16.5. The molecule has 0 aliphatic heterocycles. The third-order valence-corrected chi connectivity index (χ3v) is 2.90. The Labute approximate surface area is 117 Å². The fourth-order valence-corrected chi connectivity index (χ4v) is 1.82. The van der Waals surface area contributed by atoms with Crippen LogP contribution in [-0.2, 0) is 11.3 Å². The van der Waals surface area contributed by atoms with Gasteiger partial charge in [-0.3, -0.25) is 0 Å². The van der Waals surface area contributed by atoms with E-state index in [0.29, 0.717) is 5.92 Å². The minimum atomic E-state index is 0.172. The van der Waals surface area contributed by atoms with Crippen LogP contribution in [0.5, 0.6) is 5.75 Å². The van der Waals surface area contributed by atoms with Crippen LogP contribution in [0, 0.1) is 5.92 Å². The molecule has 0 aliphatic rings. The molecular weight excluding hydrogens is 238 g/mol. The van der Waals surface area contributed by atoms with E-state index in [4.69, 9.17) is 9.47 Å². The summed E-state index contributed by atoms with van der Waals surface area (Å²) >= 11 is 0. The van der Waals surface area contributed by atoms with Gasteiger partial charge < -0.3 is 14.8 Å². The summed E-state index contributed by atoms with van der Waals surface area (Å²) in [5, 5.41) is 3.45. The maximum absolute atomic E-state index is 5.99. The molecule has 0 aromatic heterocycles. The molecule has 1 aromatic rings. The van der Waals surface area contributed by atoms with Crippen molar-refractivity contribution in [3.05, 3.63) is 29.8 Å². The molecule has 1 aromatic carbocycles. The van der Waals surface area contributed by atoms with Crippen molar-refractivity contribution in [1.82, 2.24) is 5.32 Å².